The summed E-state index contributed by atoms with van der Waals surface area (Å²) >= 11 is 3.57. The smallest absolute Gasteiger partial charge is 0.0933 e. The average Bonchev–Trinajstić information content (AvgIpc) is 2.56. The molecule has 1 aromatic heterocycles. The fraction of sp³-hybridized carbons (Fsp3) is 0.727. The fourth-order valence-electron chi connectivity index (χ4n) is 2.10. The molecule has 1 saturated heterocycles. The summed E-state index contributed by atoms with van der Waals surface area (Å²) in [5.41, 5.74) is 2.18. The Morgan fingerprint density at radius 2 is 2.35 bits per heavy atom. The molecule has 0 bridgehead atoms. The van der Waals surface area contributed by atoms with E-state index in [1.165, 1.54) is 5.69 Å². The standard InChI is InChI=1S/C11H18BrN3O2/c1-8-11(12)10(14(2)13-8)6-15-3-4-17-9(5-15)7-16/h9,16H,3-7H2,1-2H3. The molecule has 96 valence electrons. The Hall–Kier alpha value is -0.430. The zero-order chi connectivity index (χ0) is 12.4. The second kappa shape index (κ2) is 5.48. The minimum atomic E-state index is -0.0585. The van der Waals surface area contributed by atoms with Gasteiger partial charge in [0, 0.05) is 26.7 Å². The number of aryl methyl sites for hydroxylation is 2. The fourth-order valence-corrected chi connectivity index (χ4v) is 2.56. The van der Waals surface area contributed by atoms with E-state index < -0.39 is 0 Å². The maximum absolute atomic E-state index is 9.11. The molecule has 1 aliphatic rings. The van der Waals surface area contributed by atoms with Crippen molar-refractivity contribution in [3.05, 3.63) is 15.9 Å². The van der Waals surface area contributed by atoms with E-state index in [9.17, 15) is 0 Å². The molecular formula is C11H18BrN3O2. The van der Waals surface area contributed by atoms with Crippen molar-refractivity contribution < 1.29 is 9.84 Å². The predicted octanol–water partition coefficient (Wildman–Crippen LogP) is 0.684. The van der Waals surface area contributed by atoms with Crippen LogP contribution in [0.15, 0.2) is 4.47 Å². The van der Waals surface area contributed by atoms with Gasteiger partial charge in [0.2, 0.25) is 0 Å². The second-order valence-corrected chi connectivity index (χ2v) is 5.17. The van der Waals surface area contributed by atoms with E-state index in [0.717, 1.165) is 29.8 Å². The van der Waals surface area contributed by atoms with Gasteiger partial charge in [-0.15, -0.1) is 0 Å². The minimum Gasteiger partial charge on any atom is -0.394 e. The second-order valence-electron chi connectivity index (χ2n) is 4.38. The maximum atomic E-state index is 9.11. The highest BCUT2D eigenvalue weighted by Gasteiger charge is 2.22. The van der Waals surface area contributed by atoms with Crippen LogP contribution < -0.4 is 0 Å². The molecule has 6 heteroatoms. The van der Waals surface area contributed by atoms with Gasteiger partial charge in [0.1, 0.15) is 0 Å². The van der Waals surface area contributed by atoms with Crippen molar-refractivity contribution in [2.45, 2.75) is 19.6 Å². The Morgan fingerprint density at radius 1 is 1.59 bits per heavy atom. The third kappa shape index (κ3) is 2.88. The maximum Gasteiger partial charge on any atom is 0.0933 e. The highest BCUT2D eigenvalue weighted by molar-refractivity contribution is 9.10. The number of ether oxygens (including phenoxy) is 1. The molecule has 0 aromatic carbocycles. The molecule has 1 fully saturated rings. The first-order chi connectivity index (χ1) is 8.11. The van der Waals surface area contributed by atoms with Crippen LogP contribution >= 0.6 is 15.9 Å². The van der Waals surface area contributed by atoms with Gasteiger partial charge < -0.3 is 9.84 Å². The van der Waals surface area contributed by atoms with Gasteiger partial charge in [-0.1, -0.05) is 0 Å². The van der Waals surface area contributed by atoms with E-state index in [-0.39, 0.29) is 12.7 Å². The van der Waals surface area contributed by atoms with Crippen LogP contribution in [0.25, 0.3) is 0 Å². The van der Waals surface area contributed by atoms with Crippen LogP contribution in [-0.4, -0.2) is 52.2 Å². The van der Waals surface area contributed by atoms with Crippen LogP contribution in [0.1, 0.15) is 11.4 Å². The van der Waals surface area contributed by atoms with Gasteiger partial charge in [-0.2, -0.15) is 5.10 Å². The van der Waals surface area contributed by atoms with Crippen molar-refractivity contribution in [2.75, 3.05) is 26.3 Å². The van der Waals surface area contributed by atoms with Crippen LogP contribution in [0, 0.1) is 6.92 Å². The van der Waals surface area contributed by atoms with E-state index in [4.69, 9.17) is 9.84 Å². The van der Waals surface area contributed by atoms with Crippen LogP contribution in [-0.2, 0) is 18.3 Å². The summed E-state index contributed by atoms with van der Waals surface area (Å²) in [6.45, 7) is 5.25. The topological polar surface area (TPSA) is 50.5 Å². The van der Waals surface area contributed by atoms with Crippen molar-refractivity contribution in [1.29, 1.82) is 0 Å². The van der Waals surface area contributed by atoms with Crippen molar-refractivity contribution in [3.8, 4) is 0 Å². The zero-order valence-electron chi connectivity index (χ0n) is 10.2. The molecule has 5 nitrogen and oxygen atoms in total. The third-order valence-electron chi connectivity index (χ3n) is 3.06. The van der Waals surface area contributed by atoms with Crippen molar-refractivity contribution in [2.24, 2.45) is 7.05 Å². The van der Waals surface area contributed by atoms with Crippen molar-refractivity contribution in [3.63, 3.8) is 0 Å². The first-order valence-electron chi connectivity index (χ1n) is 5.74. The van der Waals surface area contributed by atoms with Crippen molar-refractivity contribution >= 4 is 15.9 Å². The molecule has 0 amide bonds. The molecule has 17 heavy (non-hydrogen) atoms. The van der Waals surface area contributed by atoms with Crippen LogP contribution in [0.4, 0.5) is 0 Å². The molecule has 1 N–H and O–H groups in total. The van der Waals surface area contributed by atoms with E-state index in [1.807, 2.05) is 18.7 Å². The highest BCUT2D eigenvalue weighted by Crippen LogP contribution is 2.22. The Bertz CT molecular complexity index is 394. The lowest BCUT2D eigenvalue weighted by atomic mass is 10.2. The summed E-state index contributed by atoms with van der Waals surface area (Å²) in [6.07, 6.45) is -0.0585. The monoisotopic (exact) mass is 303 g/mol. The molecule has 0 radical (unpaired) electrons. The Morgan fingerprint density at radius 3 is 2.94 bits per heavy atom. The molecule has 1 aliphatic heterocycles. The highest BCUT2D eigenvalue weighted by atomic mass is 79.9. The van der Waals surface area contributed by atoms with Crippen molar-refractivity contribution in [1.82, 2.24) is 14.7 Å². The Balaban J connectivity index is 2.05. The van der Waals surface area contributed by atoms with Crippen LogP contribution in [0.3, 0.4) is 0 Å². The first kappa shape index (κ1) is 13.0. The number of hydrogen-bond donors (Lipinski definition) is 1. The molecule has 2 rings (SSSR count). The summed E-state index contributed by atoms with van der Waals surface area (Å²) in [6, 6.07) is 0. The number of aliphatic hydroxyl groups is 1. The minimum absolute atomic E-state index is 0.0585. The van der Waals surface area contributed by atoms with Crippen LogP contribution in [0.2, 0.25) is 0 Å². The molecule has 1 aromatic rings. The van der Waals surface area contributed by atoms with Gasteiger partial charge in [-0.25, -0.2) is 0 Å². The van der Waals surface area contributed by atoms with Gasteiger partial charge in [-0.05, 0) is 22.9 Å². The average molecular weight is 304 g/mol. The summed E-state index contributed by atoms with van der Waals surface area (Å²) in [5, 5.41) is 13.5. The summed E-state index contributed by atoms with van der Waals surface area (Å²) < 4.78 is 8.42. The zero-order valence-corrected chi connectivity index (χ0v) is 11.8. The number of morpholine rings is 1. The molecule has 2 heterocycles. The lowest BCUT2D eigenvalue weighted by Gasteiger charge is -2.31. The normalized spacial score (nSPS) is 22.0. The molecular weight excluding hydrogens is 286 g/mol. The quantitative estimate of drug-likeness (QED) is 0.892. The molecule has 0 aliphatic carbocycles. The third-order valence-corrected chi connectivity index (χ3v) is 4.09. The molecule has 0 saturated carbocycles. The number of rotatable bonds is 3. The number of hydrogen-bond acceptors (Lipinski definition) is 4. The largest absolute Gasteiger partial charge is 0.394 e. The number of halogens is 1. The molecule has 1 atom stereocenters. The van der Waals surface area contributed by atoms with E-state index in [2.05, 4.69) is 25.9 Å². The summed E-state index contributed by atoms with van der Waals surface area (Å²) in [4.78, 5) is 2.28. The number of nitrogens with zero attached hydrogens (tertiary/aromatic N) is 3. The number of aromatic nitrogens is 2. The first-order valence-corrected chi connectivity index (χ1v) is 6.54. The van der Waals surface area contributed by atoms with E-state index >= 15 is 0 Å². The van der Waals surface area contributed by atoms with E-state index in [0.29, 0.717) is 6.61 Å². The number of aliphatic hydroxyl groups excluding tert-OH is 1. The Labute approximate surface area is 109 Å². The lowest BCUT2D eigenvalue weighted by Crippen LogP contribution is -2.43. The van der Waals surface area contributed by atoms with E-state index in [1.54, 1.807) is 0 Å². The van der Waals surface area contributed by atoms with Gasteiger partial charge in [0.05, 0.1) is 35.2 Å². The summed E-state index contributed by atoms with van der Waals surface area (Å²) in [7, 11) is 1.96. The van der Waals surface area contributed by atoms with Gasteiger partial charge >= 0.3 is 0 Å². The van der Waals surface area contributed by atoms with Gasteiger partial charge in [0.25, 0.3) is 0 Å². The van der Waals surface area contributed by atoms with Gasteiger partial charge in [-0.3, -0.25) is 9.58 Å². The SMILES string of the molecule is Cc1nn(C)c(CN2CCOC(CO)C2)c1Br. The van der Waals surface area contributed by atoms with Crippen LogP contribution in [0.5, 0.6) is 0 Å². The van der Waals surface area contributed by atoms with Gasteiger partial charge in [0.15, 0.2) is 0 Å². The predicted molar refractivity (Wildman–Crippen MR) is 67.7 cm³/mol. The summed E-state index contributed by atoms with van der Waals surface area (Å²) in [5.74, 6) is 0. The molecule has 0 spiro atoms. The lowest BCUT2D eigenvalue weighted by molar-refractivity contribution is -0.0556. The Kier molecular flexibility index (Phi) is 4.19. The molecule has 1 unspecified atom stereocenters.